The summed E-state index contributed by atoms with van der Waals surface area (Å²) < 4.78 is 42.5. The maximum Gasteiger partial charge on any atom is 0.307 e. The van der Waals surface area contributed by atoms with E-state index in [4.69, 9.17) is 16.7 Å². The van der Waals surface area contributed by atoms with Crippen LogP contribution in [0.4, 0.5) is 4.39 Å². The topological polar surface area (TPSA) is 94.2 Å². The van der Waals surface area contributed by atoms with E-state index in [1.165, 1.54) is 31.6 Å². The van der Waals surface area contributed by atoms with Gasteiger partial charge in [-0.25, -0.2) is 16.8 Å². The summed E-state index contributed by atoms with van der Waals surface area (Å²) in [7, 11) is -2.66. The smallest absolute Gasteiger partial charge is 0.307 e. The first-order valence-corrected chi connectivity index (χ1v) is 9.33. The molecule has 0 saturated heterocycles. The first-order chi connectivity index (χ1) is 12.1. The van der Waals surface area contributed by atoms with E-state index in [0.29, 0.717) is 0 Å². The highest BCUT2D eigenvalue weighted by Crippen LogP contribution is 2.34. The van der Waals surface area contributed by atoms with Crippen LogP contribution in [0.5, 0.6) is 0 Å². The molecular formula is C16H15ClFN3O4S. The van der Waals surface area contributed by atoms with Crippen molar-refractivity contribution in [2.24, 2.45) is 7.05 Å². The summed E-state index contributed by atoms with van der Waals surface area (Å²) in [6, 6.07) is 3.56. The summed E-state index contributed by atoms with van der Waals surface area (Å²) in [5, 5.41) is 13.3. The van der Waals surface area contributed by atoms with Gasteiger partial charge in [0, 0.05) is 18.1 Å². The molecule has 26 heavy (non-hydrogen) atoms. The number of carboxylic acids is 1. The van der Waals surface area contributed by atoms with Crippen molar-refractivity contribution in [1.82, 2.24) is 13.8 Å². The van der Waals surface area contributed by atoms with E-state index < -0.39 is 28.2 Å². The normalized spacial score (nSPS) is 12.0. The second-order valence-corrected chi connectivity index (χ2v) is 7.98. The molecule has 0 aliphatic heterocycles. The van der Waals surface area contributed by atoms with Crippen molar-refractivity contribution >= 4 is 38.5 Å². The Hall–Kier alpha value is -2.39. The molecule has 0 atom stereocenters. The Morgan fingerprint density at radius 1 is 1.35 bits per heavy atom. The Bertz CT molecular complexity index is 1160. The second-order valence-electron chi connectivity index (χ2n) is 5.89. The molecule has 0 unspecified atom stereocenters. The first-order valence-electron chi connectivity index (χ1n) is 7.51. The number of fused-ring (bicyclic) bond motifs is 1. The molecule has 0 amide bonds. The number of nitrogens with zero attached hydrogens (tertiary/aromatic N) is 3. The molecule has 138 valence electrons. The quantitative estimate of drug-likeness (QED) is 0.727. The van der Waals surface area contributed by atoms with Crippen LogP contribution in [0, 0.1) is 19.7 Å². The van der Waals surface area contributed by atoms with Gasteiger partial charge in [-0.05, 0) is 37.6 Å². The Kier molecular flexibility index (Phi) is 4.32. The fourth-order valence-electron chi connectivity index (χ4n) is 3.10. The standard InChI is InChI=1S/C16H15ClFN3O4S/c1-8-15(16(17)20(3)19-8)26(24,25)21-9(2)11(7-14(22)23)12-6-10(18)4-5-13(12)21/h4-6H,7H2,1-3H3,(H,22,23). The molecular weight excluding hydrogens is 385 g/mol. The molecule has 3 aromatic rings. The fourth-order valence-corrected chi connectivity index (χ4v) is 5.40. The minimum atomic E-state index is -4.18. The average molecular weight is 400 g/mol. The molecule has 7 nitrogen and oxygen atoms in total. The molecule has 0 radical (unpaired) electrons. The SMILES string of the molecule is Cc1nn(C)c(Cl)c1S(=O)(=O)n1c(C)c(CC(=O)O)c2cc(F)ccc21. The number of halogens is 2. The molecule has 0 aliphatic rings. The summed E-state index contributed by atoms with van der Waals surface area (Å²) in [5.74, 6) is -1.74. The summed E-state index contributed by atoms with van der Waals surface area (Å²) in [6.45, 7) is 2.99. The van der Waals surface area contributed by atoms with Gasteiger partial charge >= 0.3 is 5.97 Å². The van der Waals surface area contributed by atoms with Crippen molar-refractivity contribution in [2.45, 2.75) is 25.2 Å². The molecule has 0 fully saturated rings. The number of benzene rings is 1. The maximum atomic E-state index is 13.7. The lowest BCUT2D eigenvalue weighted by Crippen LogP contribution is -2.16. The highest BCUT2D eigenvalue weighted by molar-refractivity contribution is 7.90. The lowest BCUT2D eigenvalue weighted by molar-refractivity contribution is -0.136. The van der Waals surface area contributed by atoms with Crippen LogP contribution in [0.1, 0.15) is 17.0 Å². The van der Waals surface area contributed by atoms with Gasteiger partial charge in [-0.1, -0.05) is 11.6 Å². The third-order valence-electron chi connectivity index (χ3n) is 4.17. The average Bonchev–Trinajstić information content (AvgIpc) is 2.93. The van der Waals surface area contributed by atoms with Gasteiger partial charge in [0.2, 0.25) is 0 Å². The Balaban J connectivity index is 2.42. The van der Waals surface area contributed by atoms with Gasteiger partial charge in [0.15, 0.2) is 0 Å². The minimum absolute atomic E-state index is 0.0642. The second kappa shape index (κ2) is 6.10. The number of aliphatic carboxylic acids is 1. The van der Waals surface area contributed by atoms with Crippen LogP contribution >= 0.6 is 11.6 Å². The summed E-state index contributed by atoms with van der Waals surface area (Å²) in [6.07, 6.45) is -0.436. The molecule has 0 saturated carbocycles. The van der Waals surface area contributed by atoms with Crippen molar-refractivity contribution in [3.8, 4) is 0 Å². The van der Waals surface area contributed by atoms with Crippen molar-refractivity contribution in [3.05, 3.63) is 46.1 Å². The highest BCUT2D eigenvalue weighted by Gasteiger charge is 2.31. The van der Waals surface area contributed by atoms with E-state index in [2.05, 4.69) is 5.10 Å². The first kappa shape index (κ1) is 18.4. The molecule has 0 spiro atoms. The lowest BCUT2D eigenvalue weighted by Gasteiger charge is -2.10. The monoisotopic (exact) mass is 399 g/mol. The Morgan fingerprint density at radius 2 is 2.00 bits per heavy atom. The molecule has 0 bridgehead atoms. The van der Waals surface area contributed by atoms with Crippen LogP contribution in [0.2, 0.25) is 5.15 Å². The van der Waals surface area contributed by atoms with Gasteiger partial charge in [0.1, 0.15) is 15.9 Å². The van der Waals surface area contributed by atoms with Gasteiger partial charge in [0.05, 0.1) is 17.6 Å². The lowest BCUT2D eigenvalue weighted by atomic mass is 10.1. The van der Waals surface area contributed by atoms with Crippen molar-refractivity contribution in [1.29, 1.82) is 0 Å². The molecule has 10 heteroatoms. The maximum absolute atomic E-state index is 13.7. The molecule has 1 N–H and O–H groups in total. The number of aryl methyl sites for hydroxylation is 2. The molecule has 2 heterocycles. The van der Waals surface area contributed by atoms with Crippen LogP contribution in [-0.4, -0.2) is 33.2 Å². The van der Waals surface area contributed by atoms with Crippen molar-refractivity contribution in [3.63, 3.8) is 0 Å². The van der Waals surface area contributed by atoms with E-state index in [9.17, 15) is 17.6 Å². The van der Waals surface area contributed by atoms with E-state index in [0.717, 1.165) is 16.1 Å². The largest absolute Gasteiger partial charge is 0.481 e. The molecule has 3 rings (SSSR count). The minimum Gasteiger partial charge on any atom is -0.481 e. The summed E-state index contributed by atoms with van der Waals surface area (Å²) in [4.78, 5) is 11.0. The predicted octanol–water partition coefficient (Wildman–Crippen LogP) is 2.65. The van der Waals surface area contributed by atoms with Gasteiger partial charge in [-0.2, -0.15) is 5.10 Å². The predicted molar refractivity (Wildman–Crippen MR) is 93.5 cm³/mol. The van der Waals surface area contributed by atoms with Crippen molar-refractivity contribution in [2.75, 3.05) is 0 Å². The Morgan fingerprint density at radius 3 is 2.54 bits per heavy atom. The van der Waals surface area contributed by atoms with Gasteiger partial charge in [0.25, 0.3) is 10.0 Å². The number of aromatic nitrogens is 3. The van der Waals surface area contributed by atoms with E-state index in [1.54, 1.807) is 0 Å². The van der Waals surface area contributed by atoms with Crippen LogP contribution in [0.25, 0.3) is 10.9 Å². The van der Waals surface area contributed by atoms with Crippen LogP contribution in [-0.2, 0) is 28.3 Å². The molecule has 2 aromatic heterocycles. The zero-order valence-corrected chi connectivity index (χ0v) is 15.7. The number of hydrogen-bond donors (Lipinski definition) is 1. The molecule has 0 aliphatic carbocycles. The number of rotatable bonds is 4. The van der Waals surface area contributed by atoms with Crippen molar-refractivity contribution < 1.29 is 22.7 Å². The Labute approximate surface area is 153 Å². The fraction of sp³-hybridized carbons (Fsp3) is 0.250. The van der Waals surface area contributed by atoms with Gasteiger partial charge < -0.3 is 5.11 Å². The zero-order valence-electron chi connectivity index (χ0n) is 14.1. The number of hydrogen-bond acceptors (Lipinski definition) is 4. The summed E-state index contributed by atoms with van der Waals surface area (Å²) >= 11 is 6.12. The highest BCUT2D eigenvalue weighted by atomic mass is 35.5. The van der Waals surface area contributed by atoms with E-state index in [-0.39, 0.29) is 37.9 Å². The third-order valence-corrected chi connectivity index (χ3v) is 6.67. The van der Waals surface area contributed by atoms with Gasteiger partial charge in [-0.15, -0.1) is 0 Å². The number of carboxylic acid groups (broad SMARTS) is 1. The number of carbonyl (C=O) groups is 1. The zero-order chi connectivity index (χ0) is 19.4. The summed E-state index contributed by atoms with van der Waals surface area (Å²) in [5.41, 5.74) is 0.806. The third kappa shape index (κ3) is 2.67. The van der Waals surface area contributed by atoms with Crippen LogP contribution in [0.15, 0.2) is 23.1 Å². The van der Waals surface area contributed by atoms with Crippen LogP contribution < -0.4 is 0 Å². The van der Waals surface area contributed by atoms with Gasteiger partial charge in [-0.3, -0.25) is 9.48 Å². The van der Waals surface area contributed by atoms with E-state index >= 15 is 0 Å². The van der Waals surface area contributed by atoms with E-state index in [1.807, 2.05) is 0 Å². The molecule has 1 aromatic carbocycles. The van der Waals surface area contributed by atoms with Crippen LogP contribution in [0.3, 0.4) is 0 Å².